The minimum Gasteiger partial charge on any atom is -0.377 e. The average Bonchev–Trinajstić information content (AvgIpc) is 3.16. The van der Waals surface area contributed by atoms with Gasteiger partial charge in [-0.3, -0.25) is 10.1 Å². The summed E-state index contributed by atoms with van der Waals surface area (Å²) in [5.74, 6) is 0.375. The van der Waals surface area contributed by atoms with Crippen LogP contribution in [0.2, 0.25) is 0 Å². The molecule has 0 radical (unpaired) electrons. The second-order valence-corrected chi connectivity index (χ2v) is 7.45. The summed E-state index contributed by atoms with van der Waals surface area (Å²) in [4.78, 5) is 12.0. The van der Waals surface area contributed by atoms with Crippen LogP contribution in [0.15, 0.2) is 53.4 Å². The minimum atomic E-state index is -0.429. The molecular formula is C20H17N3O2S. The highest BCUT2D eigenvalue weighted by molar-refractivity contribution is 7.98. The maximum atomic E-state index is 11.2. The van der Waals surface area contributed by atoms with E-state index in [4.69, 9.17) is 0 Å². The van der Waals surface area contributed by atoms with E-state index < -0.39 is 4.92 Å². The molecule has 2 aromatic rings. The fourth-order valence-corrected chi connectivity index (χ4v) is 4.43. The average molecular weight is 363 g/mol. The predicted octanol–water partition coefficient (Wildman–Crippen LogP) is 5.01. The Morgan fingerprint density at radius 3 is 2.73 bits per heavy atom. The third-order valence-corrected chi connectivity index (χ3v) is 6.00. The molecule has 2 aliphatic rings. The van der Waals surface area contributed by atoms with Gasteiger partial charge in [-0.05, 0) is 41.9 Å². The van der Waals surface area contributed by atoms with Crippen LogP contribution < -0.4 is 5.32 Å². The fraction of sp³-hybridized carbons (Fsp3) is 0.250. The first kappa shape index (κ1) is 16.7. The molecule has 1 heterocycles. The smallest absolute Gasteiger partial charge is 0.271 e. The van der Waals surface area contributed by atoms with Crippen molar-refractivity contribution in [3.05, 3.63) is 75.4 Å². The summed E-state index contributed by atoms with van der Waals surface area (Å²) in [6, 6.07) is 13.6. The zero-order valence-electron chi connectivity index (χ0n) is 14.2. The Morgan fingerprint density at radius 1 is 1.31 bits per heavy atom. The van der Waals surface area contributed by atoms with Crippen LogP contribution in [0.4, 0.5) is 11.4 Å². The van der Waals surface area contributed by atoms with Gasteiger partial charge in [-0.2, -0.15) is 5.26 Å². The Hall–Kier alpha value is -2.78. The van der Waals surface area contributed by atoms with Crippen LogP contribution in [0, 0.1) is 27.4 Å². The number of rotatable bonds is 3. The summed E-state index contributed by atoms with van der Waals surface area (Å²) in [5, 5.41) is 24.3. The lowest BCUT2D eigenvalue weighted by atomic mass is 9.76. The van der Waals surface area contributed by atoms with Gasteiger partial charge in [-0.15, -0.1) is 11.8 Å². The third kappa shape index (κ3) is 2.65. The molecule has 4 rings (SSSR count). The molecule has 0 bridgehead atoms. The molecule has 0 spiro atoms. The lowest BCUT2D eigenvalue weighted by Gasteiger charge is -2.37. The van der Waals surface area contributed by atoms with Crippen LogP contribution >= 0.6 is 11.8 Å². The number of anilines is 1. The largest absolute Gasteiger partial charge is 0.377 e. The molecule has 5 nitrogen and oxygen atoms in total. The van der Waals surface area contributed by atoms with Crippen molar-refractivity contribution < 1.29 is 4.92 Å². The summed E-state index contributed by atoms with van der Waals surface area (Å²) in [6.07, 6.45) is 7.22. The highest BCUT2D eigenvalue weighted by Crippen LogP contribution is 2.51. The van der Waals surface area contributed by atoms with E-state index in [1.165, 1.54) is 16.5 Å². The summed E-state index contributed by atoms with van der Waals surface area (Å²) < 4.78 is 0. The Labute approximate surface area is 155 Å². The number of hydrogen-bond acceptors (Lipinski definition) is 5. The van der Waals surface area contributed by atoms with Gasteiger partial charge in [-0.25, -0.2) is 0 Å². The Morgan fingerprint density at radius 2 is 2.08 bits per heavy atom. The second kappa shape index (κ2) is 6.50. The van der Waals surface area contributed by atoms with Gasteiger partial charge in [-0.1, -0.05) is 24.3 Å². The fourth-order valence-electron chi connectivity index (χ4n) is 4.02. The van der Waals surface area contributed by atoms with E-state index in [1.54, 1.807) is 17.8 Å². The Balaban J connectivity index is 1.82. The number of allylic oxidation sites excluding steroid dienone is 2. The van der Waals surface area contributed by atoms with E-state index in [0.717, 1.165) is 17.7 Å². The molecule has 2 aromatic carbocycles. The van der Waals surface area contributed by atoms with E-state index in [0.29, 0.717) is 5.56 Å². The zero-order valence-corrected chi connectivity index (χ0v) is 15.0. The normalized spacial score (nSPS) is 22.8. The molecule has 0 amide bonds. The first-order chi connectivity index (χ1) is 12.6. The van der Waals surface area contributed by atoms with Gasteiger partial charge in [0.05, 0.1) is 22.2 Å². The predicted molar refractivity (Wildman–Crippen MR) is 102 cm³/mol. The molecule has 0 saturated carbocycles. The van der Waals surface area contributed by atoms with E-state index in [2.05, 4.69) is 47.8 Å². The summed E-state index contributed by atoms with van der Waals surface area (Å²) in [5.41, 5.74) is 3.06. The van der Waals surface area contributed by atoms with Crippen molar-refractivity contribution in [2.45, 2.75) is 23.3 Å². The van der Waals surface area contributed by atoms with E-state index >= 15 is 0 Å². The topological polar surface area (TPSA) is 79.0 Å². The number of fused-ring (bicyclic) bond motifs is 3. The van der Waals surface area contributed by atoms with E-state index in [9.17, 15) is 15.4 Å². The second-order valence-electron chi connectivity index (χ2n) is 6.58. The van der Waals surface area contributed by atoms with Gasteiger partial charge < -0.3 is 5.32 Å². The molecule has 0 unspecified atom stereocenters. The molecule has 0 aromatic heterocycles. The molecule has 1 aliphatic carbocycles. The van der Waals surface area contributed by atoms with Gasteiger partial charge in [0.2, 0.25) is 0 Å². The van der Waals surface area contributed by atoms with E-state index in [1.807, 2.05) is 6.26 Å². The number of thioether (sulfide) groups is 1. The van der Waals surface area contributed by atoms with Crippen LogP contribution in [0.25, 0.3) is 0 Å². The molecular weight excluding hydrogens is 346 g/mol. The van der Waals surface area contributed by atoms with Gasteiger partial charge >= 0.3 is 0 Å². The van der Waals surface area contributed by atoms with Crippen LogP contribution in [-0.2, 0) is 0 Å². The molecule has 3 atom stereocenters. The molecule has 6 heteroatoms. The minimum absolute atomic E-state index is 0.0241. The number of nitrogens with zero attached hydrogens (tertiary/aromatic N) is 2. The van der Waals surface area contributed by atoms with Gasteiger partial charge in [0.15, 0.2) is 0 Å². The molecule has 1 N–H and O–H groups in total. The van der Waals surface area contributed by atoms with Crippen LogP contribution in [0.1, 0.15) is 35.1 Å². The lowest BCUT2D eigenvalue weighted by Crippen LogP contribution is -2.29. The van der Waals surface area contributed by atoms with Gasteiger partial charge in [0.1, 0.15) is 6.07 Å². The molecule has 1 aliphatic heterocycles. The van der Waals surface area contributed by atoms with E-state index in [-0.39, 0.29) is 23.6 Å². The first-order valence-corrected chi connectivity index (χ1v) is 9.64. The maximum absolute atomic E-state index is 11.2. The Bertz CT molecular complexity index is 947. The van der Waals surface area contributed by atoms with Crippen LogP contribution in [-0.4, -0.2) is 11.2 Å². The first-order valence-electron chi connectivity index (χ1n) is 8.42. The molecule has 0 saturated heterocycles. The highest BCUT2D eigenvalue weighted by atomic mass is 32.2. The molecule has 26 heavy (non-hydrogen) atoms. The number of nitriles is 1. The molecule has 130 valence electrons. The van der Waals surface area contributed by atoms with Crippen LogP contribution in [0.5, 0.6) is 0 Å². The molecule has 0 fully saturated rings. The van der Waals surface area contributed by atoms with Crippen molar-refractivity contribution in [3.63, 3.8) is 0 Å². The Kier molecular flexibility index (Phi) is 4.17. The number of nitrogens with one attached hydrogen (secondary N) is 1. The van der Waals surface area contributed by atoms with Crippen molar-refractivity contribution in [2.75, 3.05) is 11.6 Å². The number of non-ortho nitro benzene ring substituents is 1. The van der Waals surface area contributed by atoms with Crippen molar-refractivity contribution >= 4 is 23.1 Å². The van der Waals surface area contributed by atoms with Crippen molar-refractivity contribution in [2.24, 2.45) is 5.92 Å². The number of benzene rings is 2. The summed E-state index contributed by atoms with van der Waals surface area (Å²) in [6.45, 7) is 0. The van der Waals surface area contributed by atoms with Crippen LogP contribution in [0.3, 0.4) is 0 Å². The quantitative estimate of drug-likeness (QED) is 0.359. The number of hydrogen-bond donors (Lipinski definition) is 1. The van der Waals surface area contributed by atoms with Gasteiger partial charge in [0, 0.05) is 22.9 Å². The lowest BCUT2D eigenvalue weighted by molar-refractivity contribution is -0.384. The van der Waals surface area contributed by atoms with Gasteiger partial charge in [0.25, 0.3) is 5.69 Å². The monoisotopic (exact) mass is 363 g/mol. The summed E-state index contributed by atoms with van der Waals surface area (Å²) in [7, 11) is 0. The highest BCUT2D eigenvalue weighted by Gasteiger charge is 2.39. The number of nitro benzene ring substituents is 1. The van der Waals surface area contributed by atoms with Crippen molar-refractivity contribution in [1.29, 1.82) is 5.26 Å². The summed E-state index contributed by atoms with van der Waals surface area (Å²) >= 11 is 1.70. The zero-order chi connectivity index (χ0) is 18.3. The third-order valence-electron chi connectivity index (χ3n) is 5.26. The maximum Gasteiger partial charge on any atom is 0.271 e. The standard InChI is InChI=1S/C20H17N3O2S/c1-26-15-7-5-12(6-8-15)19-17-4-2-3-16(17)18-10-14(23(24)25)9-13(11-21)20(18)22-19/h2-3,5-10,16-17,19,22H,4H2,1H3/t16-,17+,19+/m1/s1. The van der Waals surface area contributed by atoms with Crippen molar-refractivity contribution in [3.8, 4) is 6.07 Å². The van der Waals surface area contributed by atoms with Crippen molar-refractivity contribution in [1.82, 2.24) is 0 Å². The number of nitro groups is 1. The SMILES string of the molecule is CSc1ccc([C@@H]2Nc3c(C#N)cc([N+](=O)[O-])cc3[C@@H]3C=CC[C@@H]32)cc1.